The third-order valence-corrected chi connectivity index (χ3v) is 7.54. The third-order valence-electron chi connectivity index (χ3n) is 6.05. The quantitative estimate of drug-likeness (QED) is 0.821. The van der Waals surface area contributed by atoms with Crippen LogP contribution >= 0.6 is 0 Å². The summed E-state index contributed by atoms with van der Waals surface area (Å²) in [5, 5.41) is 0. The Morgan fingerprint density at radius 3 is 2.63 bits per heavy atom. The molecule has 0 radical (unpaired) electrons. The second-order valence-corrected chi connectivity index (χ2v) is 9.38. The smallest absolute Gasteiger partial charge is 0.257 e. The van der Waals surface area contributed by atoms with E-state index in [4.69, 9.17) is 9.47 Å². The van der Waals surface area contributed by atoms with E-state index in [1.807, 2.05) is 0 Å². The molecule has 0 aromatic heterocycles. The van der Waals surface area contributed by atoms with E-state index in [0.717, 1.165) is 19.3 Å². The average Bonchev–Trinajstić information content (AvgIpc) is 3.30. The van der Waals surface area contributed by atoms with Gasteiger partial charge in [0.05, 0.1) is 30.8 Å². The number of nitrogens with zero attached hydrogens (tertiary/aromatic N) is 1. The molecule has 2 aliphatic carbocycles. The lowest BCUT2D eigenvalue weighted by Gasteiger charge is -2.27. The molecule has 1 saturated heterocycles. The van der Waals surface area contributed by atoms with Gasteiger partial charge in [-0.25, -0.2) is 13.1 Å². The summed E-state index contributed by atoms with van der Waals surface area (Å²) in [6.07, 6.45) is 4.35. The van der Waals surface area contributed by atoms with Gasteiger partial charge in [-0.15, -0.1) is 0 Å². The SMILES string of the molecule is COc1ccc(S(=O)(=O)N[C@@H]2C[C@H]3CC[C@@H]2C3)cc1C(=O)N1CCOCC1. The van der Waals surface area contributed by atoms with E-state index in [1.165, 1.54) is 25.7 Å². The fourth-order valence-electron chi connectivity index (χ4n) is 4.61. The zero-order valence-corrected chi connectivity index (χ0v) is 16.3. The summed E-state index contributed by atoms with van der Waals surface area (Å²) < 4.78 is 39.3. The molecule has 3 atom stereocenters. The molecule has 1 aromatic carbocycles. The van der Waals surface area contributed by atoms with Crippen molar-refractivity contribution in [2.24, 2.45) is 11.8 Å². The van der Waals surface area contributed by atoms with Crippen LogP contribution in [0.2, 0.25) is 0 Å². The van der Waals surface area contributed by atoms with E-state index in [2.05, 4.69) is 4.72 Å². The van der Waals surface area contributed by atoms with E-state index in [0.29, 0.717) is 43.9 Å². The molecule has 1 amide bonds. The normalized spacial score (nSPS) is 27.7. The third kappa shape index (κ3) is 3.70. The number of fused-ring (bicyclic) bond motifs is 2. The fourth-order valence-corrected chi connectivity index (χ4v) is 5.96. The van der Waals surface area contributed by atoms with Gasteiger partial charge in [0, 0.05) is 19.1 Å². The monoisotopic (exact) mass is 394 g/mol. The van der Waals surface area contributed by atoms with Crippen molar-refractivity contribution in [1.29, 1.82) is 0 Å². The lowest BCUT2D eigenvalue weighted by molar-refractivity contribution is 0.0300. The topological polar surface area (TPSA) is 84.9 Å². The molecule has 1 heterocycles. The molecule has 148 valence electrons. The van der Waals surface area contributed by atoms with E-state index in [1.54, 1.807) is 11.0 Å². The Hall–Kier alpha value is -1.64. The van der Waals surface area contributed by atoms with Gasteiger partial charge in [0.15, 0.2) is 0 Å². The summed E-state index contributed by atoms with van der Waals surface area (Å²) in [7, 11) is -2.20. The van der Waals surface area contributed by atoms with Crippen molar-refractivity contribution in [1.82, 2.24) is 9.62 Å². The van der Waals surface area contributed by atoms with E-state index in [9.17, 15) is 13.2 Å². The van der Waals surface area contributed by atoms with Crippen molar-refractivity contribution in [3.63, 3.8) is 0 Å². The molecule has 3 aliphatic rings. The van der Waals surface area contributed by atoms with Crippen LogP contribution in [0.5, 0.6) is 5.75 Å². The van der Waals surface area contributed by atoms with Gasteiger partial charge in [-0.3, -0.25) is 4.79 Å². The molecule has 2 bridgehead atoms. The average molecular weight is 394 g/mol. The maximum atomic E-state index is 12.9. The van der Waals surface area contributed by atoms with Gasteiger partial charge in [-0.1, -0.05) is 6.42 Å². The predicted octanol–water partition coefficient (Wildman–Crippen LogP) is 1.63. The number of sulfonamides is 1. The second kappa shape index (κ2) is 7.41. The molecular weight excluding hydrogens is 368 g/mol. The number of nitrogens with one attached hydrogen (secondary N) is 1. The van der Waals surface area contributed by atoms with Crippen molar-refractivity contribution in [2.75, 3.05) is 33.4 Å². The number of rotatable bonds is 5. The van der Waals surface area contributed by atoms with Crippen LogP contribution in [0.1, 0.15) is 36.0 Å². The number of amides is 1. The van der Waals surface area contributed by atoms with Crippen LogP contribution in [0.4, 0.5) is 0 Å². The lowest BCUT2D eigenvalue weighted by Crippen LogP contribution is -2.41. The highest BCUT2D eigenvalue weighted by Crippen LogP contribution is 2.44. The molecule has 27 heavy (non-hydrogen) atoms. The van der Waals surface area contributed by atoms with E-state index >= 15 is 0 Å². The van der Waals surface area contributed by atoms with Gasteiger partial charge in [-0.2, -0.15) is 0 Å². The zero-order chi connectivity index (χ0) is 19.0. The largest absolute Gasteiger partial charge is 0.496 e. The van der Waals surface area contributed by atoms with E-state index < -0.39 is 10.0 Å². The Kier molecular flexibility index (Phi) is 5.13. The van der Waals surface area contributed by atoms with Gasteiger partial charge in [0.1, 0.15) is 5.75 Å². The summed E-state index contributed by atoms with van der Waals surface area (Å²) in [4.78, 5) is 14.7. The summed E-state index contributed by atoms with van der Waals surface area (Å²) in [5.41, 5.74) is 0.273. The van der Waals surface area contributed by atoms with Crippen molar-refractivity contribution in [3.8, 4) is 5.75 Å². The highest BCUT2D eigenvalue weighted by molar-refractivity contribution is 7.89. The molecule has 0 unspecified atom stereocenters. The van der Waals surface area contributed by atoms with Crippen LogP contribution in [-0.4, -0.2) is 58.7 Å². The Bertz CT molecular complexity index is 819. The molecular formula is C19H26N2O5S. The predicted molar refractivity (Wildman–Crippen MR) is 99.3 cm³/mol. The number of benzene rings is 1. The van der Waals surface area contributed by atoms with Gasteiger partial charge >= 0.3 is 0 Å². The first-order valence-corrected chi connectivity index (χ1v) is 11.0. The summed E-state index contributed by atoms with van der Waals surface area (Å²) in [6, 6.07) is 4.51. The molecule has 2 saturated carbocycles. The van der Waals surface area contributed by atoms with Gasteiger partial charge in [0.25, 0.3) is 5.91 Å². The number of hydrogen-bond acceptors (Lipinski definition) is 5. The molecule has 7 nitrogen and oxygen atoms in total. The molecule has 1 aromatic rings. The zero-order valence-electron chi connectivity index (χ0n) is 15.5. The highest BCUT2D eigenvalue weighted by Gasteiger charge is 2.41. The highest BCUT2D eigenvalue weighted by atomic mass is 32.2. The van der Waals surface area contributed by atoms with Crippen LogP contribution in [0, 0.1) is 11.8 Å². The number of carbonyl (C=O) groups excluding carboxylic acids is 1. The van der Waals surface area contributed by atoms with Crippen molar-refractivity contribution in [2.45, 2.75) is 36.6 Å². The Balaban J connectivity index is 1.58. The van der Waals surface area contributed by atoms with Crippen LogP contribution in [0.25, 0.3) is 0 Å². The van der Waals surface area contributed by atoms with Gasteiger partial charge in [0.2, 0.25) is 10.0 Å². The van der Waals surface area contributed by atoms with Gasteiger partial charge < -0.3 is 14.4 Å². The van der Waals surface area contributed by atoms with Crippen LogP contribution in [-0.2, 0) is 14.8 Å². The first kappa shape index (κ1) is 18.7. The minimum atomic E-state index is -3.68. The second-order valence-electron chi connectivity index (χ2n) is 7.67. The maximum absolute atomic E-state index is 12.9. The molecule has 1 aliphatic heterocycles. The first-order chi connectivity index (χ1) is 13.0. The van der Waals surface area contributed by atoms with Crippen LogP contribution in [0.3, 0.4) is 0 Å². The summed E-state index contributed by atoms with van der Waals surface area (Å²) in [5.74, 6) is 1.24. The minimum Gasteiger partial charge on any atom is -0.496 e. The summed E-state index contributed by atoms with van der Waals surface area (Å²) >= 11 is 0. The molecule has 3 fully saturated rings. The number of methoxy groups -OCH3 is 1. The lowest BCUT2D eigenvalue weighted by atomic mass is 9.96. The number of hydrogen-bond donors (Lipinski definition) is 1. The Morgan fingerprint density at radius 2 is 2.00 bits per heavy atom. The molecule has 4 rings (SSSR count). The molecule has 1 N–H and O–H groups in total. The van der Waals surface area contributed by atoms with Crippen molar-refractivity contribution < 1.29 is 22.7 Å². The summed E-state index contributed by atoms with van der Waals surface area (Å²) in [6.45, 7) is 1.94. The van der Waals surface area contributed by atoms with Crippen molar-refractivity contribution in [3.05, 3.63) is 23.8 Å². The maximum Gasteiger partial charge on any atom is 0.257 e. The molecule has 8 heteroatoms. The van der Waals surface area contributed by atoms with E-state index in [-0.39, 0.29) is 22.4 Å². The number of ether oxygens (including phenoxy) is 2. The van der Waals surface area contributed by atoms with Crippen LogP contribution < -0.4 is 9.46 Å². The van der Waals surface area contributed by atoms with Crippen molar-refractivity contribution >= 4 is 15.9 Å². The molecule has 0 spiro atoms. The van der Waals surface area contributed by atoms with Gasteiger partial charge in [-0.05, 0) is 49.3 Å². The standard InChI is InChI=1S/C19H26N2O5S/c1-25-18-5-4-15(12-16(18)19(22)21-6-8-26-9-7-21)27(23,24)20-17-11-13-2-3-14(17)10-13/h4-5,12-14,17,20H,2-3,6-11H2,1H3/t13-,14+,17+/m0/s1. The Morgan fingerprint density at radius 1 is 1.22 bits per heavy atom. The number of carbonyl (C=O) groups is 1. The fraction of sp³-hybridized carbons (Fsp3) is 0.632. The minimum absolute atomic E-state index is 0.00856. The van der Waals surface area contributed by atoms with Crippen LogP contribution in [0.15, 0.2) is 23.1 Å². The Labute approximate surface area is 160 Å². The number of morpholine rings is 1. The first-order valence-electron chi connectivity index (χ1n) is 9.55.